The van der Waals surface area contributed by atoms with Crippen LogP contribution in [-0.2, 0) is 6.54 Å². The van der Waals surface area contributed by atoms with Crippen molar-refractivity contribution in [3.05, 3.63) is 18.0 Å². The van der Waals surface area contributed by atoms with Gasteiger partial charge in [0.1, 0.15) is 5.82 Å². The average molecular weight is 247 g/mol. The zero-order valence-corrected chi connectivity index (χ0v) is 10.4. The Morgan fingerprint density at radius 3 is 2.89 bits per heavy atom. The Balaban J connectivity index is 1.79. The van der Waals surface area contributed by atoms with Crippen molar-refractivity contribution in [1.29, 1.82) is 0 Å². The second kappa shape index (κ2) is 4.91. The molecule has 6 nitrogen and oxygen atoms in total. The molecule has 0 aliphatic carbocycles. The van der Waals surface area contributed by atoms with Gasteiger partial charge in [-0.15, -0.1) is 0 Å². The molecule has 3 heterocycles. The number of fused-ring (bicyclic) bond motifs is 1. The van der Waals surface area contributed by atoms with Crippen molar-refractivity contribution >= 4 is 11.2 Å². The maximum Gasteiger partial charge on any atom is 0.215 e. The summed E-state index contributed by atoms with van der Waals surface area (Å²) in [6, 6.07) is 3.80. The van der Waals surface area contributed by atoms with Gasteiger partial charge in [-0.1, -0.05) is 0 Å². The van der Waals surface area contributed by atoms with Crippen molar-refractivity contribution in [1.82, 2.24) is 25.2 Å². The number of pyridine rings is 1. The Kier molecular flexibility index (Phi) is 3.12. The van der Waals surface area contributed by atoms with Gasteiger partial charge in [0, 0.05) is 32.2 Å². The monoisotopic (exact) mass is 247 g/mol. The van der Waals surface area contributed by atoms with Crippen LogP contribution < -0.4 is 10.1 Å². The average Bonchev–Trinajstić information content (AvgIpc) is 2.80. The molecule has 0 bridgehead atoms. The predicted molar refractivity (Wildman–Crippen MR) is 68.6 cm³/mol. The van der Waals surface area contributed by atoms with Crippen LogP contribution in [-0.4, -0.2) is 53.1 Å². The Hall–Kier alpha value is -1.66. The molecule has 3 rings (SSSR count). The number of piperazine rings is 1. The molecule has 1 fully saturated rings. The third kappa shape index (κ3) is 2.30. The topological polar surface area (TPSA) is 66.1 Å². The van der Waals surface area contributed by atoms with Crippen LogP contribution in [0.3, 0.4) is 0 Å². The van der Waals surface area contributed by atoms with E-state index in [-0.39, 0.29) is 0 Å². The Morgan fingerprint density at radius 1 is 1.28 bits per heavy atom. The highest BCUT2D eigenvalue weighted by atomic mass is 16.5. The van der Waals surface area contributed by atoms with Crippen LogP contribution in [0.25, 0.3) is 11.2 Å². The molecule has 18 heavy (non-hydrogen) atoms. The molecule has 96 valence electrons. The largest absolute Gasteiger partial charge is 0.481 e. The summed E-state index contributed by atoms with van der Waals surface area (Å²) in [7, 11) is 1.61. The van der Waals surface area contributed by atoms with Crippen molar-refractivity contribution in [3.8, 4) is 5.88 Å². The van der Waals surface area contributed by atoms with Gasteiger partial charge >= 0.3 is 0 Å². The predicted octanol–water partition coefficient (Wildman–Crippen LogP) is 0.372. The number of methoxy groups -OCH3 is 1. The third-order valence-corrected chi connectivity index (χ3v) is 3.16. The number of nitrogens with one attached hydrogen (secondary N) is 2. The van der Waals surface area contributed by atoms with Crippen molar-refractivity contribution < 1.29 is 4.74 Å². The van der Waals surface area contributed by atoms with Gasteiger partial charge in [-0.05, 0) is 6.07 Å². The van der Waals surface area contributed by atoms with Gasteiger partial charge in [0.15, 0.2) is 5.65 Å². The molecule has 0 aromatic carbocycles. The Labute approximate surface area is 105 Å². The molecule has 0 amide bonds. The number of rotatable bonds is 3. The zero-order valence-electron chi connectivity index (χ0n) is 10.4. The number of imidazole rings is 1. The molecule has 6 heteroatoms. The minimum absolute atomic E-state index is 0.600. The summed E-state index contributed by atoms with van der Waals surface area (Å²) in [5.74, 6) is 1.57. The van der Waals surface area contributed by atoms with E-state index in [1.54, 1.807) is 7.11 Å². The standard InChI is InChI=1S/C12H17N5O/c1-18-11-3-2-9-12(16-11)15-10(14-9)8-17-6-4-13-5-7-17/h2-3,13H,4-8H2,1H3,(H,14,15,16). The van der Waals surface area contributed by atoms with Crippen LogP contribution in [0.15, 0.2) is 12.1 Å². The number of H-pyrrole nitrogens is 1. The van der Waals surface area contributed by atoms with E-state index in [1.807, 2.05) is 12.1 Å². The van der Waals surface area contributed by atoms with Crippen molar-refractivity contribution in [3.63, 3.8) is 0 Å². The molecule has 0 atom stereocenters. The molecule has 1 aliphatic rings. The van der Waals surface area contributed by atoms with E-state index >= 15 is 0 Å². The number of ether oxygens (including phenoxy) is 1. The van der Waals surface area contributed by atoms with E-state index in [2.05, 4.69) is 25.2 Å². The molecule has 2 N–H and O–H groups in total. The van der Waals surface area contributed by atoms with E-state index < -0.39 is 0 Å². The normalized spacial score (nSPS) is 17.2. The summed E-state index contributed by atoms with van der Waals surface area (Å²) in [4.78, 5) is 14.5. The molecule has 0 saturated carbocycles. The number of hydrogen-bond acceptors (Lipinski definition) is 5. The van der Waals surface area contributed by atoms with Crippen LogP contribution in [0, 0.1) is 0 Å². The molecule has 0 unspecified atom stereocenters. The van der Waals surface area contributed by atoms with Gasteiger partial charge in [0.05, 0.1) is 19.2 Å². The molecular weight excluding hydrogens is 230 g/mol. The van der Waals surface area contributed by atoms with E-state index in [4.69, 9.17) is 4.74 Å². The summed E-state index contributed by atoms with van der Waals surface area (Å²) in [5, 5.41) is 3.34. The van der Waals surface area contributed by atoms with E-state index in [0.29, 0.717) is 5.88 Å². The van der Waals surface area contributed by atoms with Gasteiger partial charge in [-0.3, -0.25) is 4.90 Å². The van der Waals surface area contributed by atoms with Gasteiger partial charge in [-0.2, -0.15) is 4.98 Å². The van der Waals surface area contributed by atoms with Gasteiger partial charge in [0.2, 0.25) is 5.88 Å². The van der Waals surface area contributed by atoms with Crippen LogP contribution in [0.2, 0.25) is 0 Å². The van der Waals surface area contributed by atoms with Gasteiger partial charge in [0.25, 0.3) is 0 Å². The van der Waals surface area contributed by atoms with E-state index in [9.17, 15) is 0 Å². The molecule has 2 aromatic heterocycles. The maximum absolute atomic E-state index is 5.10. The highest BCUT2D eigenvalue weighted by molar-refractivity contribution is 5.71. The summed E-state index contributed by atoms with van der Waals surface area (Å²) in [5.41, 5.74) is 1.68. The highest BCUT2D eigenvalue weighted by Crippen LogP contribution is 2.15. The molecule has 1 aliphatic heterocycles. The van der Waals surface area contributed by atoms with Crippen LogP contribution in [0.1, 0.15) is 5.82 Å². The lowest BCUT2D eigenvalue weighted by Crippen LogP contribution is -2.43. The number of hydrogen-bond donors (Lipinski definition) is 2. The summed E-state index contributed by atoms with van der Waals surface area (Å²) in [6.07, 6.45) is 0. The third-order valence-electron chi connectivity index (χ3n) is 3.16. The van der Waals surface area contributed by atoms with Crippen molar-refractivity contribution in [2.75, 3.05) is 33.3 Å². The molecule has 2 aromatic rings. The van der Waals surface area contributed by atoms with Crippen LogP contribution in [0.5, 0.6) is 5.88 Å². The Morgan fingerprint density at radius 2 is 2.11 bits per heavy atom. The smallest absolute Gasteiger partial charge is 0.215 e. The molecular formula is C12H17N5O. The lowest BCUT2D eigenvalue weighted by Gasteiger charge is -2.26. The number of nitrogens with zero attached hydrogens (tertiary/aromatic N) is 3. The molecule has 0 spiro atoms. The molecule has 0 radical (unpaired) electrons. The van der Waals surface area contributed by atoms with E-state index in [0.717, 1.165) is 49.7 Å². The summed E-state index contributed by atoms with van der Waals surface area (Å²) in [6.45, 7) is 5.07. The first-order chi connectivity index (χ1) is 8.85. The lowest BCUT2D eigenvalue weighted by molar-refractivity contribution is 0.229. The van der Waals surface area contributed by atoms with Gasteiger partial charge < -0.3 is 15.0 Å². The van der Waals surface area contributed by atoms with Gasteiger partial charge in [-0.25, -0.2) is 4.98 Å². The van der Waals surface area contributed by atoms with Crippen molar-refractivity contribution in [2.45, 2.75) is 6.54 Å². The minimum atomic E-state index is 0.600. The first-order valence-corrected chi connectivity index (χ1v) is 6.18. The first-order valence-electron chi connectivity index (χ1n) is 6.18. The fourth-order valence-electron chi connectivity index (χ4n) is 2.19. The van der Waals surface area contributed by atoms with Crippen LogP contribution in [0.4, 0.5) is 0 Å². The quantitative estimate of drug-likeness (QED) is 0.820. The molecule has 1 saturated heterocycles. The Bertz CT molecular complexity index is 532. The van der Waals surface area contributed by atoms with Crippen molar-refractivity contribution in [2.24, 2.45) is 0 Å². The lowest BCUT2D eigenvalue weighted by atomic mass is 10.3. The second-order valence-corrected chi connectivity index (χ2v) is 4.43. The van der Waals surface area contributed by atoms with Crippen LogP contribution >= 0.6 is 0 Å². The highest BCUT2D eigenvalue weighted by Gasteiger charge is 2.12. The summed E-state index contributed by atoms with van der Waals surface area (Å²) < 4.78 is 5.10. The second-order valence-electron chi connectivity index (χ2n) is 4.43. The SMILES string of the molecule is COc1ccc2[nH]c(CN3CCNCC3)nc2n1. The maximum atomic E-state index is 5.10. The fraction of sp³-hybridized carbons (Fsp3) is 0.500. The fourth-order valence-corrected chi connectivity index (χ4v) is 2.19. The summed E-state index contributed by atoms with van der Waals surface area (Å²) >= 11 is 0. The number of aromatic nitrogens is 3. The zero-order chi connectivity index (χ0) is 12.4. The number of aromatic amines is 1. The minimum Gasteiger partial charge on any atom is -0.481 e. The van der Waals surface area contributed by atoms with E-state index in [1.165, 1.54) is 0 Å². The first kappa shape index (κ1) is 11.4.